The zero-order chi connectivity index (χ0) is 49.6. The first kappa shape index (κ1) is 52.0. The number of carbonyl (C=O) groups is 2. The Morgan fingerprint density at radius 2 is 0.943 bits per heavy atom. The molecule has 70 heavy (non-hydrogen) atoms. The van der Waals surface area contributed by atoms with E-state index in [0.29, 0.717) is 24.3 Å². The average molecular weight is 997 g/mol. The highest BCUT2D eigenvalue weighted by molar-refractivity contribution is 7.92. The van der Waals surface area contributed by atoms with E-state index in [1.54, 1.807) is 17.4 Å². The fourth-order valence-electron chi connectivity index (χ4n) is 9.45. The summed E-state index contributed by atoms with van der Waals surface area (Å²) in [5.41, 5.74) is 18.4. The van der Waals surface area contributed by atoms with Crippen molar-refractivity contribution in [3.63, 3.8) is 0 Å². The third-order valence-electron chi connectivity index (χ3n) is 13.1. The predicted molar refractivity (Wildman–Crippen MR) is 293 cm³/mol. The molecule has 2 aliphatic rings. The molecule has 0 aliphatic carbocycles. The first-order valence-electron chi connectivity index (χ1n) is 24.5. The third-order valence-corrected chi connectivity index (χ3v) is 15.4. The van der Waals surface area contributed by atoms with Crippen molar-refractivity contribution in [2.75, 3.05) is 69.1 Å². The molecule has 0 unspecified atom stereocenters. The summed E-state index contributed by atoms with van der Waals surface area (Å²) < 4.78 is 26.3. The first-order valence-corrected chi connectivity index (χ1v) is 28.2. The van der Waals surface area contributed by atoms with Crippen molar-refractivity contribution in [2.45, 2.75) is 66.5 Å². The van der Waals surface area contributed by atoms with Crippen LogP contribution in [-0.2, 0) is 23.1 Å². The van der Waals surface area contributed by atoms with Gasteiger partial charge in [0.1, 0.15) is 0 Å². The molecule has 2 aliphatic heterocycles. The second-order valence-corrected chi connectivity index (χ2v) is 21.7. The zero-order valence-corrected chi connectivity index (χ0v) is 43.8. The number of hydrogen-bond acceptors (Lipinski definition) is 9. The van der Waals surface area contributed by atoms with Gasteiger partial charge in [-0.2, -0.15) is 0 Å². The Morgan fingerprint density at radius 1 is 0.543 bits per heavy atom. The zero-order valence-electron chi connectivity index (χ0n) is 41.3. The van der Waals surface area contributed by atoms with Gasteiger partial charge in [0.25, 0.3) is 11.8 Å². The van der Waals surface area contributed by atoms with E-state index in [-0.39, 0.29) is 11.8 Å². The van der Waals surface area contributed by atoms with E-state index in [4.69, 9.17) is 5.73 Å². The van der Waals surface area contributed by atoms with E-state index < -0.39 is 10.0 Å². The molecule has 2 fully saturated rings. The number of likely N-dealkylation sites (tertiary alicyclic amines) is 2. The van der Waals surface area contributed by atoms with Crippen molar-refractivity contribution in [3.05, 3.63) is 186 Å². The van der Waals surface area contributed by atoms with Gasteiger partial charge >= 0.3 is 0 Å². The lowest BCUT2D eigenvalue weighted by molar-refractivity contribution is 0.0765. The number of rotatable bonds is 16. The summed E-state index contributed by atoms with van der Waals surface area (Å²) in [6, 6.07) is 40.3. The van der Waals surface area contributed by atoms with Crippen molar-refractivity contribution in [3.8, 4) is 0 Å². The van der Waals surface area contributed by atoms with Crippen LogP contribution in [0.4, 0.5) is 11.4 Å². The van der Waals surface area contributed by atoms with Gasteiger partial charge < -0.3 is 15.5 Å². The molecule has 0 bridgehead atoms. The van der Waals surface area contributed by atoms with Crippen molar-refractivity contribution < 1.29 is 18.0 Å². The molecular weight excluding hydrogens is 929 g/mol. The van der Waals surface area contributed by atoms with Crippen LogP contribution in [0, 0.1) is 0 Å². The van der Waals surface area contributed by atoms with Crippen LogP contribution in [-0.4, -0.2) is 98.4 Å². The normalized spacial score (nSPS) is 14.4. The SMILES string of the molecule is CCN(CC)C(=O)c1ccc(C(=C2CCN(Cc3cccs3)CC2)c2cccc(N)c2)cc1.CCN(CC)C(=O)c1ccc(C(=C2CCN(Cc3cccs3)CC2)c2cccc(NS(C)(=O)=O)c2)cc1. The van der Waals surface area contributed by atoms with Gasteiger partial charge in [-0.3, -0.25) is 24.1 Å². The highest BCUT2D eigenvalue weighted by Gasteiger charge is 2.23. The minimum atomic E-state index is -3.38. The molecule has 2 saturated heterocycles. The number of sulfonamides is 1. The van der Waals surface area contributed by atoms with E-state index in [9.17, 15) is 18.0 Å². The van der Waals surface area contributed by atoms with Crippen molar-refractivity contribution in [1.82, 2.24) is 19.6 Å². The van der Waals surface area contributed by atoms with E-state index in [1.807, 2.05) is 116 Å². The quantitative estimate of drug-likeness (QED) is 0.0927. The van der Waals surface area contributed by atoms with Crippen LogP contribution in [0.25, 0.3) is 11.1 Å². The number of nitrogens with one attached hydrogen (secondary N) is 1. The van der Waals surface area contributed by atoms with Crippen molar-refractivity contribution in [1.29, 1.82) is 0 Å². The Hall–Kier alpha value is -5.83. The lowest BCUT2D eigenvalue weighted by Crippen LogP contribution is -2.30. The highest BCUT2D eigenvalue weighted by Crippen LogP contribution is 2.36. The maximum Gasteiger partial charge on any atom is 0.253 e. The van der Waals surface area contributed by atoms with E-state index in [2.05, 4.69) is 73.8 Å². The number of nitrogens with zero attached hydrogens (tertiary/aromatic N) is 4. The summed E-state index contributed by atoms with van der Waals surface area (Å²) in [7, 11) is -3.38. The predicted octanol–water partition coefficient (Wildman–Crippen LogP) is 11.6. The van der Waals surface area contributed by atoms with Gasteiger partial charge in [0.2, 0.25) is 10.0 Å². The summed E-state index contributed by atoms with van der Waals surface area (Å²) in [6.45, 7) is 16.8. The van der Waals surface area contributed by atoms with E-state index in [0.717, 1.165) is 123 Å². The lowest BCUT2D eigenvalue weighted by Gasteiger charge is -2.30. The van der Waals surface area contributed by atoms with Gasteiger partial charge in [0.15, 0.2) is 0 Å². The van der Waals surface area contributed by atoms with Crippen LogP contribution in [0.5, 0.6) is 0 Å². The smallest absolute Gasteiger partial charge is 0.253 e. The van der Waals surface area contributed by atoms with Crippen LogP contribution < -0.4 is 10.5 Å². The van der Waals surface area contributed by atoms with E-state index >= 15 is 0 Å². The molecule has 8 rings (SSSR count). The molecule has 4 aromatic carbocycles. The van der Waals surface area contributed by atoms with Gasteiger partial charge in [-0.05, 0) is 158 Å². The number of anilines is 2. The van der Waals surface area contributed by atoms with Gasteiger partial charge in [-0.15, -0.1) is 22.7 Å². The molecule has 0 spiro atoms. The molecule has 3 N–H and O–H groups in total. The summed E-state index contributed by atoms with van der Waals surface area (Å²) in [5, 5.41) is 4.27. The second kappa shape index (κ2) is 24.8. The Morgan fingerprint density at radius 3 is 1.31 bits per heavy atom. The van der Waals surface area contributed by atoms with Crippen LogP contribution in [0.2, 0.25) is 0 Å². The number of thiophene rings is 2. The molecule has 6 aromatic rings. The number of piperidine rings is 2. The van der Waals surface area contributed by atoms with Crippen LogP contribution in [0.3, 0.4) is 0 Å². The number of amides is 2. The van der Waals surface area contributed by atoms with Crippen LogP contribution in [0.1, 0.15) is 106 Å². The Bertz CT molecular complexity index is 2810. The largest absolute Gasteiger partial charge is 0.399 e. The molecule has 0 radical (unpaired) electrons. The van der Waals surface area contributed by atoms with Crippen LogP contribution >= 0.6 is 22.7 Å². The summed E-state index contributed by atoms with van der Waals surface area (Å²) >= 11 is 3.62. The monoisotopic (exact) mass is 996 g/mol. The summed E-state index contributed by atoms with van der Waals surface area (Å²) in [4.78, 5) is 37.1. The number of nitrogen functional groups attached to an aromatic ring is 1. The van der Waals surface area contributed by atoms with E-state index in [1.165, 1.54) is 26.5 Å². The van der Waals surface area contributed by atoms with Crippen LogP contribution in [0.15, 0.2) is 143 Å². The third kappa shape index (κ3) is 13.9. The molecular formula is C57H68N6O4S3. The first-order chi connectivity index (χ1) is 33.9. The molecule has 0 atom stereocenters. The minimum absolute atomic E-state index is 0.0342. The molecule has 13 heteroatoms. The van der Waals surface area contributed by atoms with Gasteiger partial charge in [-0.1, -0.05) is 71.8 Å². The highest BCUT2D eigenvalue weighted by atomic mass is 32.2. The fourth-order valence-corrected chi connectivity index (χ4v) is 11.5. The molecule has 4 heterocycles. The maximum absolute atomic E-state index is 12.8. The fraction of sp³-hybridized carbons (Fsp3) is 0.333. The topological polar surface area (TPSA) is 119 Å². The molecule has 368 valence electrons. The summed E-state index contributed by atoms with van der Waals surface area (Å²) in [5.74, 6) is 0.124. The molecule has 2 amide bonds. The molecule has 0 saturated carbocycles. The molecule has 2 aromatic heterocycles. The van der Waals surface area contributed by atoms with Gasteiger partial charge in [0, 0.05) is 97.7 Å². The maximum atomic E-state index is 12.8. The second-order valence-electron chi connectivity index (χ2n) is 17.9. The number of carbonyl (C=O) groups excluding carboxylic acids is 2. The Labute approximate surface area is 424 Å². The van der Waals surface area contributed by atoms with Crippen molar-refractivity contribution in [2.24, 2.45) is 0 Å². The number of hydrogen-bond donors (Lipinski definition) is 2. The summed E-state index contributed by atoms with van der Waals surface area (Å²) in [6.07, 6.45) is 5.11. The van der Waals surface area contributed by atoms with Crippen molar-refractivity contribution >= 4 is 67.0 Å². The minimum Gasteiger partial charge on any atom is -0.399 e. The number of nitrogens with two attached hydrogens (primary N) is 1. The Balaban J connectivity index is 0.000000208. The Kier molecular flexibility index (Phi) is 18.4. The standard InChI is InChI=1S/C29H35N3O3S2.C28H33N3OS/c1-4-32(5-2)29(33)24-13-11-22(12-14-24)28(25-8-6-9-26(20-25)30-37(3,34)35)23-15-17-31(18-16-23)21-27-10-7-19-36-27;1-3-31(4-2)28(32)23-12-10-21(11-13-23)27(24-7-5-8-25(29)19-24)22-14-16-30(17-15-22)20-26-9-6-18-33-26/h6-14,19-20,30H,4-5,15-18,21H2,1-3H3;5-13,18-19H,3-4,14-17,20,29H2,1-2H3. The lowest BCUT2D eigenvalue weighted by atomic mass is 9.88. The van der Waals surface area contributed by atoms with Gasteiger partial charge in [0.05, 0.1) is 6.26 Å². The van der Waals surface area contributed by atoms with Gasteiger partial charge in [-0.25, -0.2) is 8.42 Å². The molecule has 10 nitrogen and oxygen atoms in total. The number of benzene rings is 4. The average Bonchev–Trinajstić information content (AvgIpc) is 4.09.